The Bertz CT molecular complexity index is 466. The summed E-state index contributed by atoms with van der Waals surface area (Å²) in [5.41, 5.74) is 1.94. The topological polar surface area (TPSA) is 17.1 Å². The summed E-state index contributed by atoms with van der Waals surface area (Å²) in [6.45, 7) is 4.24. The van der Waals surface area contributed by atoms with E-state index in [1.165, 1.54) is 0 Å². The molecule has 0 atom stereocenters. The molecule has 0 N–H and O–H groups in total. The number of ketones is 1. The van der Waals surface area contributed by atoms with Crippen LogP contribution in [0.2, 0.25) is 5.02 Å². The lowest BCUT2D eigenvalue weighted by atomic mass is 9.79. The molecule has 1 fully saturated rings. The van der Waals surface area contributed by atoms with Crippen LogP contribution in [0.1, 0.15) is 45.1 Å². The summed E-state index contributed by atoms with van der Waals surface area (Å²) >= 11 is 5.86. The van der Waals surface area contributed by atoms with Crippen LogP contribution in [0, 0.1) is 5.41 Å². The number of allylic oxidation sites excluding steroid dienone is 1. The predicted octanol–water partition coefficient (Wildman–Crippen LogP) is 4.89. The third kappa shape index (κ3) is 2.37. The quantitative estimate of drug-likeness (QED) is 0.709. The van der Waals surface area contributed by atoms with E-state index in [2.05, 4.69) is 13.8 Å². The Kier molecular flexibility index (Phi) is 3.91. The second-order valence-electron chi connectivity index (χ2n) is 5.04. The van der Waals surface area contributed by atoms with Crippen molar-refractivity contribution in [2.75, 3.05) is 0 Å². The Labute approximate surface area is 114 Å². The molecule has 0 spiro atoms. The maximum absolute atomic E-state index is 12.5. The molecule has 1 aliphatic rings. The standard InChI is InChI=1S/C16H19ClO/c1-3-16(4-2)10-9-13(15(16)18)11-12-5-7-14(17)8-6-12/h5-8,11H,3-4,9-10H2,1-2H3/b13-11+. The highest BCUT2D eigenvalue weighted by Crippen LogP contribution is 2.43. The maximum atomic E-state index is 12.5. The summed E-state index contributed by atoms with van der Waals surface area (Å²) in [6, 6.07) is 7.64. The second kappa shape index (κ2) is 5.27. The molecule has 0 radical (unpaired) electrons. The van der Waals surface area contributed by atoms with E-state index in [1.54, 1.807) is 0 Å². The van der Waals surface area contributed by atoms with Crippen LogP contribution in [-0.2, 0) is 4.79 Å². The van der Waals surface area contributed by atoms with E-state index >= 15 is 0 Å². The van der Waals surface area contributed by atoms with E-state index in [1.807, 2.05) is 30.3 Å². The minimum absolute atomic E-state index is 0.0989. The Hall–Kier alpha value is -1.08. The number of halogens is 1. The van der Waals surface area contributed by atoms with E-state index in [-0.39, 0.29) is 5.41 Å². The second-order valence-corrected chi connectivity index (χ2v) is 5.47. The summed E-state index contributed by atoms with van der Waals surface area (Å²) in [4.78, 5) is 12.5. The zero-order chi connectivity index (χ0) is 13.2. The fourth-order valence-electron chi connectivity index (χ4n) is 2.76. The number of benzene rings is 1. The Balaban J connectivity index is 2.26. The fourth-order valence-corrected chi connectivity index (χ4v) is 2.89. The lowest BCUT2D eigenvalue weighted by molar-refractivity contribution is -0.123. The molecular weight excluding hydrogens is 244 g/mol. The first-order chi connectivity index (χ1) is 8.61. The minimum atomic E-state index is -0.0989. The Morgan fingerprint density at radius 1 is 1.22 bits per heavy atom. The van der Waals surface area contributed by atoms with Crippen molar-refractivity contribution in [3.63, 3.8) is 0 Å². The van der Waals surface area contributed by atoms with Crippen LogP contribution in [0.15, 0.2) is 29.8 Å². The molecule has 1 aliphatic carbocycles. The highest BCUT2D eigenvalue weighted by Gasteiger charge is 2.41. The van der Waals surface area contributed by atoms with E-state index in [0.717, 1.165) is 41.8 Å². The van der Waals surface area contributed by atoms with Gasteiger partial charge in [0.05, 0.1) is 0 Å². The van der Waals surface area contributed by atoms with Gasteiger partial charge in [0.15, 0.2) is 5.78 Å². The van der Waals surface area contributed by atoms with Crippen LogP contribution >= 0.6 is 11.6 Å². The molecule has 1 aromatic carbocycles. The maximum Gasteiger partial charge on any atom is 0.164 e. The summed E-state index contributed by atoms with van der Waals surface area (Å²) in [6.07, 6.45) is 5.81. The average Bonchev–Trinajstić information content (AvgIpc) is 2.70. The van der Waals surface area contributed by atoms with Crippen LogP contribution in [0.25, 0.3) is 6.08 Å². The van der Waals surface area contributed by atoms with Gasteiger partial charge in [-0.15, -0.1) is 0 Å². The lowest BCUT2D eigenvalue weighted by Crippen LogP contribution is -2.24. The van der Waals surface area contributed by atoms with Gasteiger partial charge in [-0.25, -0.2) is 0 Å². The van der Waals surface area contributed by atoms with Crippen molar-refractivity contribution in [3.05, 3.63) is 40.4 Å². The number of carbonyl (C=O) groups is 1. The summed E-state index contributed by atoms with van der Waals surface area (Å²) in [5, 5.41) is 0.728. The van der Waals surface area contributed by atoms with Gasteiger partial charge < -0.3 is 0 Å². The molecule has 0 amide bonds. The van der Waals surface area contributed by atoms with Crippen molar-refractivity contribution in [2.24, 2.45) is 5.41 Å². The minimum Gasteiger partial charge on any atom is -0.294 e. The molecule has 1 saturated carbocycles. The SMILES string of the molecule is CCC1(CC)CC/C(=C\c2ccc(Cl)cc2)C1=O. The molecule has 18 heavy (non-hydrogen) atoms. The zero-order valence-corrected chi connectivity index (χ0v) is 11.8. The zero-order valence-electron chi connectivity index (χ0n) is 11.0. The van der Waals surface area contributed by atoms with Gasteiger partial charge in [-0.2, -0.15) is 0 Å². The Morgan fingerprint density at radius 2 is 1.83 bits per heavy atom. The van der Waals surface area contributed by atoms with E-state index in [4.69, 9.17) is 11.6 Å². The highest BCUT2D eigenvalue weighted by atomic mass is 35.5. The largest absolute Gasteiger partial charge is 0.294 e. The van der Waals surface area contributed by atoms with Gasteiger partial charge in [-0.1, -0.05) is 37.6 Å². The molecule has 1 nitrogen and oxygen atoms in total. The first-order valence-corrected chi connectivity index (χ1v) is 7.00. The first kappa shape index (κ1) is 13.4. The third-order valence-corrected chi connectivity index (χ3v) is 4.46. The number of hydrogen-bond acceptors (Lipinski definition) is 1. The fraction of sp³-hybridized carbons (Fsp3) is 0.438. The van der Waals surface area contributed by atoms with Crippen molar-refractivity contribution in [1.82, 2.24) is 0 Å². The lowest BCUT2D eigenvalue weighted by Gasteiger charge is -2.22. The summed E-state index contributed by atoms with van der Waals surface area (Å²) < 4.78 is 0. The van der Waals surface area contributed by atoms with Gasteiger partial charge in [0, 0.05) is 10.4 Å². The average molecular weight is 263 g/mol. The van der Waals surface area contributed by atoms with Crippen molar-refractivity contribution in [2.45, 2.75) is 39.5 Å². The van der Waals surface area contributed by atoms with Crippen LogP contribution in [0.3, 0.4) is 0 Å². The van der Waals surface area contributed by atoms with Crippen LogP contribution < -0.4 is 0 Å². The normalized spacial score (nSPS) is 20.6. The van der Waals surface area contributed by atoms with Crippen molar-refractivity contribution in [3.8, 4) is 0 Å². The first-order valence-electron chi connectivity index (χ1n) is 6.62. The van der Waals surface area contributed by atoms with Gasteiger partial charge in [0.2, 0.25) is 0 Å². The van der Waals surface area contributed by atoms with Crippen molar-refractivity contribution >= 4 is 23.5 Å². The third-order valence-electron chi connectivity index (χ3n) is 4.21. The van der Waals surface area contributed by atoms with E-state index < -0.39 is 0 Å². The monoisotopic (exact) mass is 262 g/mol. The van der Waals surface area contributed by atoms with E-state index in [9.17, 15) is 4.79 Å². The molecule has 0 bridgehead atoms. The summed E-state index contributed by atoms with van der Waals surface area (Å²) in [7, 11) is 0. The summed E-state index contributed by atoms with van der Waals surface area (Å²) in [5.74, 6) is 0.349. The van der Waals surface area contributed by atoms with Gasteiger partial charge >= 0.3 is 0 Å². The molecule has 0 aliphatic heterocycles. The predicted molar refractivity (Wildman–Crippen MR) is 76.7 cm³/mol. The van der Waals surface area contributed by atoms with Gasteiger partial charge in [0.25, 0.3) is 0 Å². The number of Topliss-reactive ketones (excluding diaryl/α,β-unsaturated/α-hetero) is 1. The molecule has 0 aromatic heterocycles. The highest BCUT2D eigenvalue weighted by molar-refractivity contribution is 6.30. The van der Waals surface area contributed by atoms with Gasteiger partial charge in [0.1, 0.15) is 0 Å². The smallest absolute Gasteiger partial charge is 0.164 e. The van der Waals surface area contributed by atoms with Crippen LogP contribution in [0.5, 0.6) is 0 Å². The molecule has 0 heterocycles. The molecule has 0 unspecified atom stereocenters. The Morgan fingerprint density at radius 3 is 2.33 bits per heavy atom. The molecular formula is C16H19ClO. The molecule has 96 valence electrons. The number of rotatable bonds is 3. The van der Waals surface area contributed by atoms with Gasteiger partial charge in [-0.05, 0) is 55.0 Å². The molecule has 2 rings (SSSR count). The molecule has 1 aromatic rings. The number of carbonyl (C=O) groups excluding carboxylic acids is 1. The van der Waals surface area contributed by atoms with Crippen LogP contribution in [-0.4, -0.2) is 5.78 Å². The van der Waals surface area contributed by atoms with Crippen molar-refractivity contribution in [1.29, 1.82) is 0 Å². The van der Waals surface area contributed by atoms with Crippen LogP contribution in [0.4, 0.5) is 0 Å². The van der Waals surface area contributed by atoms with Crippen molar-refractivity contribution < 1.29 is 4.79 Å². The van der Waals surface area contributed by atoms with Gasteiger partial charge in [-0.3, -0.25) is 4.79 Å². The molecule has 0 saturated heterocycles. The van der Waals surface area contributed by atoms with E-state index in [0.29, 0.717) is 5.78 Å². The number of hydrogen-bond donors (Lipinski definition) is 0. The molecule has 2 heteroatoms.